The van der Waals surface area contributed by atoms with Crippen molar-refractivity contribution in [1.29, 1.82) is 0 Å². The predicted octanol–water partition coefficient (Wildman–Crippen LogP) is 1.14. The molecule has 2 nitrogen and oxygen atoms in total. The number of carbonyl (C=O) groups is 1. The minimum Gasteiger partial charge on any atom is -0.313 e. The van der Waals surface area contributed by atoms with E-state index in [-0.39, 0.29) is 5.12 Å². The first-order valence-electron chi connectivity index (χ1n) is 3.89. The summed E-state index contributed by atoms with van der Waals surface area (Å²) in [4.78, 5) is 10.5. The Bertz CT molecular complexity index is 177. The van der Waals surface area contributed by atoms with E-state index in [1.165, 1.54) is 5.57 Å². The third-order valence-corrected chi connectivity index (χ3v) is 2.04. The van der Waals surface area contributed by atoms with E-state index >= 15 is 0 Å². The first kappa shape index (κ1) is 8.81. The van der Waals surface area contributed by atoms with Gasteiger partial charge in [-0.3, -0.25) is 4.79 Å². The smallest absolute Gasteiger partial charge is 0.186 e. The van der Waals surface area contributed by atoms with Gasteiger partial charge >= 0.3 is 0 Å². The van der Waals surface area contributed by atoms with Crippen LogP contribution >= 0.6 is 12.6 Å². The van der Waals surface area contributed by atoms with E-state index in [1.807, 2.05) is 0 Å². The zero-order valence-corrected chi connectivity index (χ0v) is 7.36. The Kier molecular flexibility index (Phi) is 3.66. The molecule has 1 rings (SSSR count). The van der Waals surface area contributed by atoms with Crippen molar-refractivity contribution in [3.8, 4) is 0 Å². The molecule has 3 heteroatoms. The van der Waals surface area contributed by atoms with Crippen molar-refractivity contribution >= 4 is 17.7 Å². The van der Waals surface area contributed by atoms with Crippen molar-refractivity contribution in [2.75, 3.05) is 13.1 Å². The van der Waals surface area contributed by atoms with Gasteiger partial charge in [0.25, 0.3) is 0 Å². The van der Waals surface area contributed by atoms with Crippen LogP contribution in [0.2, 0.25) is 0 Å². The fraction of sp³-hybridized carbons (Fsp3) is 0.625. The van der Waals surface area contributed by atoms with Gasteiger partial charge in [0, 0.05) is 13.0 Å². The minimum absolute atomic E-state index is 0.00978. The monoisotopic (exact) mass is 171 g/mol. The first-order valence-corrected chi connectivity index (χ1v) is 4.34. The molecule has 0 aliphatic carbocycles. The third kappa shape index (κ3) is 3.58. The highest BCUT2D eigenvalue weighted by atomic mass is 32.1. The van der Waals surface area contributed by atoms with Gasteiger partial charge in [0.2, 0.25) is 0 Å². The van der Waals surface area contributed by atoms with E-state index in [4.69, 9.17) is 0 Å². The Morgan fingerprint density at radius 1 is 1.73 bits per heavy atom. The minimum atomic E-state index is -0.00978. The van der Waals surface area contributed by atoms with Gasteiger partial charge in [-0.15, -0.1) is 12.6 Å². The summed E-state index contributed by atoms with van der Waals surface area (Å²) in [5.74, 6) is 0. The van der Waals surface area contributed by atoms with E-state index in [2.05, 4.69) is 24.0 Å². The van der Waals surface area contributed by atoms with Gasteiger partial charge in [-0.2, -0.15) is 0 Å². The topological polar surface area (TPSA) is 29.1 Å². The van der Waals surface area contributed by atoms with Gasteiger partial charge in [0.15, 0.2) is 5.12 Å². The normalized spacial score (nSPS) is 17.7. The standard InChI is InChI=1S/C8H13NOS/c10-8(11)2-1-7-3-5-9-6-4-7/h3,9H,1-2,4-6H2,(H,10,11). The van der Waals surface area contributed by atoms with E-state index in [9.17, 15) is 4.79 Å². The largest absolute Gasteiger partial charge is 0.313 e. The Morgan fingerprint density at radius 3 is 3.09 bits per heavy atom. The summed E-state index contributed by atoms with van der Waals surface area (Å²) >= 11 is 3.72. The van der Waals surface area contributed by atoms with Crippen molar-refractivity contribution in [3.05, 3.63) is 11.6 Å². The number of hydrogen-bond acceptors (Lipinski definition) is 2. The van der Waals surface area contributed by atoms with Crippen LogP contribution in [0.15, 0.2) is 11.6 Å². The van der Waals surface area contributed by atoms with Crippen LogP contribution in [-0.4, -0.2) is 18.2 Å². The molecule has 0 aromatic carbocycles. The zero-order chi connectivity index (χ0) is 8.10. The van der Waals surface area contributed by atoms with E-state index in [1.54, 1.807) is 0 Å². The summed E-state index contributed by atoms with van der Waals surface area (Å²) in [6.07, 6.45) is 4.72. The van der Waals surface area contributed by atoms with Crippen LogP contribution in [0.25, 0.3) is 0 Å². The number of rotatable bonds is 3. The highest BCUT2D eigenvalue weighted by molar-refractivity contribution is 7.96. The van der Waals surface area contributed by atoms with Gasteiger partial charge in [-0.05, 0) is 19.4 Å². The number of hydrogen-bond donors (Lipinski definition) is 2. The lowest BCUT2D eigenvalue weighted by Crippen LogP contribution is -2.20. The van der Waals surface area contributed by atoms with Crippen LogP contribution in [0, 0.1) is 0 Å². The lowest BCUT2D eigenvalue weighted by atomic mass is 10.0. The second-order valence-electron chi connectivity index (χ2n) is 2.71. The molecule has 0 aromatic rings. The average Bonchev–Trinajstić information content (AvgIpc) is 2.03. The molecule has 11 heavy (non-hydrogen) atoms. The third-order valence-electron chi connectivity index (χ3n) is 1.82. The highest BCUT2D eigenvalue weighted by Gasteiger charge is 2.03. The van der Waals surface area contributed by atoms with Crippen LogP contribution in [0.3, 0.4) is 0 Å². The maximum absolute atomic E-state index is 10.5. The van der Waals surface area contributed by atoms with Gasteiger partial charge in [-0.25, -0.2) is 0 Å². The molecule has 1 aliphatic rings. The number of thiol groups is 1. The van der Waals surface area contributed by atoms with E-state index < -0.39 is 0 Å². The molecule has 0 aromatic heterocycles. The summed E-state index contributed by atoms with van der Waals surface area (Å²) < 4.78 is 0. The Labute approximate surface area is 72.5 Å². The molecule has 0 spiro atoms. The highest BCUT2D eigenvalue weighted by Crippen LogP contribution is 2.12. The van der Waals surface area contributed by atoms with Crippen LogP contribution < -0.4 is 5.32 Å². The fourth-order valence-electron chi connectivity index (χ4n) is 1.16. The Morgan fingerprint density at radius 2 is 2.55 bits per heavy atom. The zero-order valence-electron chi connectivity index (χ0n) is 6.47. The molecule has 1 N–H and O–H groups in total. The molecule has 0 saturated heterocycles. The quantitative estimate of drug-likeness (QED) is 0.492. The molecule has 62 valence electrons. The summed E-state index contributed by atoms with van der Waals surface area (Å²) in [5, 5.41) is 3.21. The average molecular weight is 171 g/mol. The van der Waals surface area contributed by atoms with Gasteiger partial charge < -0.3 is 5.32 Å². The summed E-state index contributed by atoms with van der Waals surface area (Å²) in [6.45, 7) is 2.00. The summed E-state index contributed by atoms with van der Waals surface area (Å²) in [7, 11) is 0. The molecule has 0 fully saturated rings. The van der Waals surface area contributed by atoms with Crippen molar-refractivity contribution in [2.24, 2.45) is 0 Å². The maximum atomic E-state index is 10.5. The summed E-state index contributed by atoms with van der Waals surface area (Å²) in [5.41, 5.74) is 1.39. The molecular weight excluding hydrogens is 158 g/mol. The summed E-state index contributed by atoms with van der Waals surface area (Å²) in [6, 6.07) is 0. The maximum Gasteiger partial charge on any atom is 0.186 e. The van der Waals surface area contributed by atoms with Gasteiger partial charge in [0.1, 0.15) is 0 Å². The first-order chi connectivity index (χ1) is 5.29. The number of carbonyl (C=O) groups excluding carboxylic acids is 1. The van der Waals surface area contributed by atoms with Gasteiger partial charge in [-0.1, -0.05) is 11.6 Å². The molecule has 1 aliphatic heterocycles. The molecule has 0 saturated carbocycles. The van der Waals surface area contributed by atoms with Crippen molar-refractivity contribution in [3.63, 3.8) is 0 Å². The molecule has 1 heterocycles. The van der Waals surface area contributed by atoms with Crippen LogP contribution in [-0.2, 0) is 4.79 Å². The van der Waals surface area contributed by atoms with E-state index in [0.717, 1.165) is 25.9 Å². The molecule has 0 bridgehead atoms. The van der Waals surface area contributed by atoms with Crippen LogP contribution in [0.1, 0.15) is 19.3 Å². The van der Waals surface area contributed by atoms with Crippen molar-refractivity contribution in [2.45, 2.75) is 19.3 Å². The SMILES string of the molecule is O=C(S)CCC1=CCNCC1. The lowest BCUT2D eigenvalue weighted by Gasteiger charge is -2.12. The van der Waals surface area contributed by atoms with Crippen LogP contribution in [0.5, 0.6) is 0 Å². The molecule has 0 radical (unpaired) electrons. The van der Waals surface area contributed by atoms with Gasteiger partial charge in [0.05, 0.1) is 0 Å². The second-order valence-corrected chi connectivity index (χ2v) is 3.21. The molecule has 0 amide bonds. The molecule has 0 unspecified atom stereocenters. The predicted molar refractivity (Wildman–Crippen MR) is 48.8 cm³/mol. The fourth-order valence-corrected chi connectivity index (χ4v) is 1.28. The molecular formula is C8H13NOS. The van der Waals surface area contributed by atoms with E-state index in [0.29, 0.717) is 6.42 Å². The van der Waals surface area contributed by atoms with Crippen LogP contribution in [0.4, 0.5) is 0 Å². The molecule has 0 atom stereocenters. The number of nitrogens with one attached hydrogen (secondary N) is 1. The van der Waals surface area contributed by atoms with Crippen molar-refractivity contribution < 1.29 is 4.79 Å². The Hall–Kier alpha value is -0.280. The Balaban J connectivity index is 2.24. The second kappa shape index (κ2) is 4.57. The lowest BCUT2D eigenvalue weighted by molar-refractivity contribution is -0.110. The van der Waals surface area contributed by atoms with Crippen molar-refractivity contribution in [1.82, 2.24) is 5.32 Å².